The summed E-state index contributed by atoms with van der Waals surface area (Å²) >= 11 is 2.20. The lowest BCUT2D eigenvalue weighted by Gasteiger charge is -2.24. The van der Waals surface area contributed by atoms with Crippen molar-refractivity contribution in [1.29, 1.82) is 0 Å². The number of aryl methyl sites for hydroxylation is 1. The number of sulfonamides is 1. The molecular weight excluding hydrogens is 475 g/mol. The number of carbonyl (C=O) groups excluding carboxylic acids is 1. The molecule has 0 unspecified atom stereocenters. The van der Waals surface area contributed by atoms with Gasteiger partial charge in [0, 0.05) is 9.26 Å². The normalized spacial score (nSPS) is 11.9. The molecule has 0 saturated heterocycles. The Morgan fingerprint density at radius 1 is 1.11 bits per heavy atom. The van der Waals surface area contributed by atoms with E-state index in [0.717, 1.165) is 25.3 Å². The summed E-state index contributed by atoms with van der Waals surface area (Å²) in [4.78, 5) is 12.5. The molecule has 0 aliphatic heterocycles. The van der Waals surface area contributed by atoms with E-state index in [1.165, 1.54) is 0 Å². The summed E-state index contributed by atoms with van der Waals surface area (Å²) in [6.45, 7) is 7.89. The summed E-state index contributed by atoms with van der Waals surface area (Å²) in [5.41, 5.74) is 3.14. The van der Waals surface area contributed by atoms with Crippen LogP contribution in [0.15, 0.2) is 42.5 Å². The summed E-state index contributed by atoms with van der Waals surface area (Å²) < 4.78 is 26.7. The number of benzene rings is 2. The Labute approximate surface area is 175 Å². The molecule has 1 amide bonds. The van der Waals surface area contributed by atoms with Crippen molar-refractivity contribution >= 4 is 49.9 Å². The van der Waals surface area contributed by atoms with Crippen LogP contribution >= 0.6 is 22.6 Å². The highest BCUT2D eigenvalue weighted by Crippen LogP contribution is 2.26. The predicted octanol–water partition coefficient (Wildman–Crippen LogP) is 4.30. The van der Waals surface area contributed by atoms with E-state index in [1.807, 2.05) is 37.3 Å². The zero-order valence-electron chi connectivity index (χ0n) is 16.2. The van der Waals surface area contributed by atoms with Crippen LogP contribution in [0.3, 0.4) is 0 Å². The first-order chi connectivity index (χ1) is 12.4. The second-order valence-corrected chi connectivity index (χ2v) is 10.7. The second kappa shape index (κ2) is 8.18. The fourth-order valence-electron chi connectivity index (χ4n) is 2.62. The molecule has 0 radical (unpaired) electrons. The molecule has 2 rings (SSSR count). The fraction of sp³-hybridized carbons (Fsp3) is 0.350. The van der Waals surface area contributed by atoms with Crippen LogP contribution in [0.5, 0.6) is 0 Å². The number of hydrogen-bond acceptors (Lipinski definition) is 3. The highest BCUT2D eigenvalue weighted by Gasteiger charge is 2.22. The fourth-order valence-corrected chi connectivity index (χ4v) is 4.12. The quantitative estimate of drug-likeness (QED) is 0.623. The van der Waals surface area contributed by atoms with Crippen molar-refractivity contribution in [3.05, 3.63) is 57.2 Å². The lowest BCUT2D eigenvalue weighted by Crippen LogP contribution is -2.37. The van der Waals surface area contributed by atoms with Gasteiger partial charge < -0.3 is 5.32 Å². The Morgan fingerprint density at radius 2 is 1.70 bits per heavy atom. The van der Waals surface area contributed by atoms with Gasteiger partial charge in [-0.15, -0.1) is 0 Å². The van der Waals surface area contributed by atoms with Crippen LogP contribution in [0, 0.1) is 10.5 Å². The molecule has 0 aromatic heterocycles. The monoisotopic (exact) mass is 500 g/mol. The van der Waals surface area contributed by atoms with Crippen molar-refractivity contribution < 1.29 is 13.2 Å². The molecule has 0 aliphatic rings. The van der Waals surface area contributed by atoms with Gasteiger partial charge in [-0.2, -0.15) is 0 Å². The molecule has 0 bridgehead atoms. The Morgan fingerprint density at radius 3 is 2.19 bits per heavy atom. The van der Waals surface area contributed by atoms with Gasteiger partial charge in [0.2, 0.25) is 15.9 Å². The van der Waals surface area contributed by atoms with E-state index in [2.05, 4.69) is 48.7 Å². The minimum atomic E-state index is -3.60. The maximum Gasteiger partial charge on any atom is 0.245 e. The Hall–Kier alpha value is -1.61. The number of hydrogen-bond donors (Lipinski definition) is 1. The van der Waals surface area contributed by atoms with E-state index < -0.39 is 10.0 Å². The topological polar surface area (TPSA) is 66.5 Å². The largest absolute Gasteiger partial charge is 0.324 e. The van der Waals surface area contributed by atoms with Crippen LogP contribution in [0.1, 0.15) is 31.9 Å². The van der Waals surface area contributed by atoms with Gasteiger partial charge in [-0.3, -0.25) is 9.10 Å². The van der Waals surface area contributed by atoms with Gasteiger partial charge in [0.05, 0.1) is 11.9 Å². The average molecular weight is 500 g/mol. The van der Waals surface area contributed by atoms with Crippen molar-refractivity contribution in [2.45, 2.75) is 33.1 Å². The van der Waals surface area contributed by atoms with Crippen molar-refractivity contribution in [1.82, 2.24) is 0 Å². The van der Waals surface area contributed by atoms with Gasteiger partial charge >= 0.3 is 0 Å². The summed E-state index contributed by atoms with van der Waals surface area (Å²) in [6, 6.07) is 12.9. The summed E-state index contributed by atoms with van der Waals surface area (Å²) in [5, 5.41) is 2.80. The minimum Gasteiger partial charge on any atom is -0.324 e. The number of amides is 1. The minimum absolute atomic E-state index is 0.0336. The predicted molar refractivity (Wildman–Crippen MR) is 120 cm³/mol. The molecular formula is C20H25IN2O3S. The molecule has 5 nitrogen and oxygen atoms in total. The molecule has 0 saturated carbocycles. The van der Waals surface area contributed by atoms with Gasteiger partial charge in [-0.25, -0.2) is 8.42 Å². The molecule has 0 atom stereocenters. The maximum atomic E-state index is 12.5. The Kier molecular flexibility index (Phi) is 6.57. The zero-order chi connectivity index (χ0) is 20.4. The zero-order valence-corrected chi connectivity index (χ0v) is 19.2. The second-order valence-electron chi connectivity index (χ2n) is 7.57. The maximum absolute atomic E-state index is 12.5. The number of nitrogens with zero attached hydrogens (tertiary/aromatic N) is 1. The van der Waals surface area contributed by atoms with Gasteiger partial charge in [-0.05, 0) is 76.4 Å². The highest BCUT2D eigenvalue weighted by molar-refractivity contribution is 14.1. The van der Waals surface area contributed by atoms with Gasteiger partial charge in [0.15, 0.2) is 0 Å². The smallest absolute Gasteiger partial charge is 0.245 e. The van der Waals surface area contributed by atoms with Crippen LogP contribution in [0.4, 0.5) is 11.4 Å². The molecule has 0 aliphatic carbocycles. The van der Waals surface area contributed by atoms with Crippen molar-refractivity contribution in [3.8, 4) is 0 Å². The van der Waals surface area contributed by atoms with Crippen LogP contribution < -0.4 is 9.62 Å². The van der Waals surface area contributed by atoms with Crippen molar-refractivity contribution in [2.75, 3.05) is 22.4 Å². The third kappa shape index (κ3) is 5.93. The first-order valence-electron chi connectivity index (χ1n) is 8.52. The summed E-state index contributed by atoms with van der Waals surface area (Å²) in [7, 11) is -3.60. The number of halogens is 1. The number of nitrogens with one attached hydrogen (secondary N) is 1. The molecule has 2 aromatic carbocycles. The number of rotatable bonds is 5. The van der Waals surface area contributed by atoms with Crippen LogP contribution in [-0.4, -0.2) is 27.1 Å². The standard InChI is InChI=1S/C20H25IN2O3S/c1-14-12-16(21)8-11-18(14)22-19(24)13-23(27(5,25)26)17-9-6-15(7-10-17)20(2,3)4/h6-12H,13H2,1-5H3,(H,22,24). The van der Waals surface area contributed by atoms with E-state index in [0.29, 0.717) is 11.4 Å². The number of carbonyl (C=O) groups is 1. The molecule has 0 fully saturated rings. The van der Waals surface area contributed by atoms with Crippen LogP contribution in [0.2, 0.25) is 0 Å². The van der Waals surface area contributed by atoms with E-state index >= 15 is 0 Å². The van der Waals surface area contributed by atoms with E-state index in [9.17, 15) is 13.2 Å². The highest BCUT2D eigenvalue weighted by atomic mass is 127. The molecule has 146 valence electrons. The van der Waals surface area contributed by atoms with Crippen LogP contribution in [-0.2, 0) is 20.2 Å². The first kappa shape index (κ1) is 21.7. The van der Waals surface area contributed by atoms with Gasteiger partial charge in [0.25, 0.3) is 0 Å². The van der Waals surface area contributed by atoms with E-state index in [-0.39, 0.29) is 17.9 Å². The lowest BCUT2D eigenvalue weighted by atomic mass is 9.87. The molecule has 7 heteroatoms. The molecule has 27 heavy (non-hydrogen) atoms. The summed E-state index contributed by atoms with van der Waals surface area (Å²) in [6.07, 6.45) is 1.11. The molecule has 0 spiro atoms. The number of anilines is 2. The van der Waals surface area contributed by atoms with Crippen molar-refractivity contribution in [3.63, 3.8) is 0 Å². The van der Waals surface area contributed by atoms with Crippen LogP contribution in [0.25, 0.3) is 0 Å². The first-order valence-corrected chi connectivity index (χ1v) is 11.4. The Bertz CT molecular complexity index is 933. The molecule has 2 aromatic rings. The third-order valence-corrected chi connectivity index (χ3v) is 5.98. The lowest BCUT2D eigenvalue weighted by molar-refractivity contribution is -0.114. The van der Waals surface area contributed by atoms with Gasteiger partial charge in [-0.1, -0.05) is 32.9 Å². The van der Waals surface area contributed by atoms with E-state index in [4.69, 9.17) is 0 Å². The molecule has 1 N–H and O–H groups in total. The average Bonchev–Trinajstić information content (AvgIpc) is 2.53. The van der Waals surface area contributed by atoms with E-state index in [1.54, 1.807) is 12.1 Å². The Balaban J connectivity index is 2.23. The SMILES string of the molecule is Cc1cc(I)ccc1NC(=O)CN(c1ccc(C(C)(C)C)cc1)S(C)(=O)=O. The molecule has 0 heterocycles. The summed E-state index contributed by atoms with van der Waals surface area (Å²) in [5.74, 6) is -0.385. The third-order valence-electron chi connectivity index (χ3n) is 4.17. The van der Waals surface area contributed by atoms with Crippen molar-refractivity contribution in [2.24, 2.45) is 0 Å². The van der Waals surface area contributed by atoms with Gasteiger partial charge in [0.1, 0.15) is 6.54 Å².